The topological polar surface area (TPSA) is 22.1 Å². The molecule has 1 aromatic rings. The highest BCUT2D eigenvalue weighted by Gasteiger charge is 2.38. The Morgan fingerprint density at radius 1 is 1.50 bits per heavy atom. The van der Waals surface area contributed by atoms with Crippen LogP contribution in [0.25, 0.3) is 0 Å². The molecule has 90 valence electrons. The third kappa shape index (κ3) is 2.30. The average Bonchev–Trinajstić information content (AvgIpc) is 2.70. The number of nitrogens with zero attached hydrogens (tertiary/aromatic N) is 1. The lowest BCUT2D eigenvalue weighted by Gasteiger charge is -2.37. The maximum atomic E-state index is 6.07. The van der Waals surface area contributed by atoms with Crippen LogP contribution in [0.15, 0.2) is 6.20 Å². The predicted octanol–water partition coefficient (Wildman–Crippen LogP) is 3.89. The van der Waals surface area contributed by atoms with E-state index in [1.807, 2.05) is 6.20 Å². The average molecular weight is 239 g/mol. The van der Waals surface area contributed by atoms with Crippen molar-refractivity contribution in [3.63, 3.8) is 0 Å². The third-order valence-electron chi connectivity index (χ3n) is 3.51. The highest BCUT2D eigenvalue weighted by Crippen LogP contribution is 2.43. The molecule has 16 heavy (non-hydrogen) atoms. The fourth-order valence-electron chi connectivity index (χ4n) is 2.49. The largest absolute Gasteiger partial charge is 0.368 e. The second-order valence-electron chi connectivity index (χ2n) is 4.89. The van der Waals surface area contributed by atoms with Crippen LogP contribution < -0.4 is 0 Å². The van der Waals surface area contributed by atoms with Crippen molar-refractivity contribution in [3.8, 4) is 0 Å². The first-order chi connectivity index (χ1) is 7.66. The van der Waals surface area contributed by atoms with Crippen molar-refractivity contribution in [1.82, 2.24) is 4.98 Å². The van der Waals surface area contributed by atoms with Gasteiger partial charge in [0.25, 0.3) is 0 Å². The Balaban J connectivity index is 2.22. The molecule has 1 fully saturated rings. The first kappa shape index (κ1) is 12.1. The van der Waals surface area contributed by atoms with E-state index in [0.717, 1.165) is 25.4 Å². The van der Waals surface area contributed by atoms with Gasteiger partial charge in [-0.3, -0.25) is 0 Å². The van der Waals surface area contributed by atoms with Gasteiger partial charge in [0.05, 0.1) is 0 Å². The summed E-state index contributed by atoms with van der Waals surface area (Å²) in [7, 11) is 0. The van der Waals surface area contributed by atoms with Crippen molar-refractivity contribution in [2.24, 2.45) is 5.92 Å². The Morgan fingerprint density at radius 3 is 2.69 bits per heavy atom. The Kier molecular flexibility index (Phi) is 3.65. The molecule has 0 spiro atoms. The molecular formula is C13H21NOS. The monoisotopic (exact) mass is 239 g/mol. The Bertz CT molecular complexity index is 339. The summed E-state index contributed by atoms with van der Waals surface area (Å²) in [5, 5.41) is 1.19. The molecule has 0 aromatic carbocycles. The number of hydrogen-bond acceptors (Lipinski definition) is 3. The van der Waals surface area contributed by atoms with Gasteiger partial charge in [-0.05, 0) is 45.4 Å². The van der Waals surface area contributed by atoms with Crippen LogP contribution in [0.2, 0.25) is 0 Å². The van der Waals surface area contributed by atoms with Gasteiger partial charge in [-0.15, -0.1) is 11.3 Å². The minimum Gasteiger partial charge on any atom is -0.368 e. The van der Waals surface area contributed by atoms with Gasteiger partial charge in [-0.1, -0.05) is 6.92 Å². The van der Waals surface area contributed by atoms with Crippen LogP contribution in [0.4, 0.5) is 0 Å². The summed E-state index contributed by atoms with van der Waals surface area (Å²) in [6.07, 6.45) is 6.76. The van der Waals surface area contributed by atoms with Crippen molar-refractivity contribution < 1.29 is 4.74 Å². The fourth-order valence-corrected chi connectivity index (χ4v) is 3.45. The molecule has 0 bridgehead atoms. The SMILES string of the molecule is CCOC1(c2ncc(C)s2)CCC(C)CC1. The predicted molar refractivity (Wildman–Crippen MR) is 67.8 cm³/mol. The lowest BCUT2D eigenvalue weighted by molar-refractivity contribution is -0.0776. The first-order valence-corrected chi connectivity index (χ1v) is 7.05. The molecule has 0 unspecified atom stereocenters. The number of ether oxygens (including phenoxy) is 1. The zero-order valence-corrected chi connectivity index (χ0v) is 11.3. The summed E-state index contributed by atoms with van der Waals surface area (Å²) in [5.41, 5.74) is -0.0693. The van der Waals surface area contributed by atoms with E-state index >= 15 is 0 Å². The highest BCUT2D eigenvalue weighted by atomic mass is 32.1. The lowest BCUT2D eigenvalue weighted by Crippen LogP contribution is -2.34. The van der Waals surface area contributed by atoms with Crippen molar-refractivity contribution in [2.45, 2.75) is 52.1 Å². The minimum atomic E-state index is -0.0693. The maximum absolute atomic E-state index is 6.07. The number of aromatic nitrogens is 1. The van der Waals surface area contributed by atoms with Crippen molar-refractivity contribution in [1.29, 1.82) is 0 Å². The number of rotatable bonds is 3. The molecule has 1 aromatic heterocycles. The van der Waals surface area contributed by atoms with Gasteiger partial charge < -0.3 is 4.74 Å². The molecule has 3 heteroatoms. The molecule has 0 N–H and O–H groups in total. The molecule has 1 aliphatic rings. The second kappa shape index (κ2) is 4.84. The summed E-state index contributed by atoms with van der Waals surface area (Å²) < 4.78 is 6.07. The molecule has 0 amide bonds. The minimum absolute atomic E-state index is 0.0693. The summed E-state index contributed by atoms with van der Waals surface area (Å²) in [6.45, 7) is 7.32. The number of aryl methyl sites for hydroxylation is 1. The summed E-state index contributed by atoms with van der Waals surface area (Å²) in [5.74, 6) is 0.842. The van der Waals surface area contributed by atoms with Crippen LogP contribution in [0.3, 0.4) is 0 Å². The molecule has 0 radical (unpaired) electrons. The van der Waals surface area contributed by atoms with E-state index in [4.69, 9.17) is 4.74 Å². The van der Waals surface area contributed by atoms with E-state index in [1.54, 1.807) is 11.3 Å². The van der Waals surface area contributed by atoms with E-state index in [9.17, 15) is 0 Å². The van der Waals surface area contributed by atoms with E-state index in [0.29, 0.717) is 0 Å². The zero-order valence-electron chi connectivity index (χ0n) is 10.5. The van der Waals surface area contributed by atoms with Gasteiger partial charge in [-0.25, -0.2) is 4.98 Å². The molecule has 2 nitrogen and oxygen atoms in total. The Hall–Kier alpha value is -0.410. The van der Waals surface area contributed by atoms with Gasteiger partial charge in [0.15, 0.2) is 0 Å². The summed E-state index contributed by atoms with van der Waals surface area (Å²) in [6, 6.07) is 0. The van der Waals surface area contributed by atoms with Crippen LogP contribution in [0, 0.1) is 12.8 Å². The van der Waals surface area contributed by atoms with E-state index in [-0.39, 0.29) is 5.60 Å². The van der Waals surface area contributed by atoms with Gasteiger partial charge in [0, 0.05) is 17.7 Å². The zero-order chi connectivity index (χ0) is 11.6. The van der Waals surface area contributed by atoms with E-state index < -0.39 is 0 Å². The first-order valence-electron chi connectivity index (χ1n) is 6.23. The molecule has 0 atom stereocenters. The molecular weight excluding hydrogens is 218 g/mol. The molecule has 2 rings (SSSR count). The van der Waals surface area contributed by atoms with Gasteiger partial charge in [0.1, 0.15) is 10.6 Å². The van der Waals surface area contributed by atoms with Crippen molar-refractivity contribution in [3.05, 3.63) is 16.1 Å². The number of hydrogen-bond donors (Lipinski definition) is 0. The number of thiazole rings is 1. The normalized spacial score (nSPS) is 30.6. The van der Waals surface area contributed by atoms with Gasteiger partial charge >= 0.3 is 0 Å². The highest BCUT2D eigenvalue weighted by molar-refractivity contribution is 7.11. The Labute approximate surface area is 102 Å². The maximum Gasteiger partial charge on any atom is 0.125 e. The lowest BCUT2D eigenvalue weighted by atomic mass is 9.80. The van der Waals surface area contributed by atoms with Crippen LogP contribution >= 0.6 is 11.3 Å². The van der Waals surface area contributed by atoms with Crippen LogP contribution in [-0.2, 0) is 10.3 Å². The van der Waals surface area contributed by atoms with Crippen LogP contribution in [-0.4, -0.2) is 11.6 Å². The summed E-state index contributed by atoms with van der Waals surface area (Å²) >= 11 is 1.80. The van der Waals surface area contributed by atoms with E-state index in [2.05, 4.69) is 25.8 Å². The Morgan fingerprint density at radius 2 is 2.19 bits per heavy atom. The molecule has 1 saturated carbocycles. The smallest absolute Gasteiger partial charge is 0.125 e. The van der Waals surface area contributed by atoms with Crippen LogP contribution in [0.1, 0.15) is 49.4 Å². The standard InChI is InChI=1S/C13H21NOS/c1-4-15-13(7-5-10(2)6-8-13)12-14-9-11(3)16-12/h9-10H,4-8H2,1-3H3. The van der Waals surface area contributed by atoms with Gasteiger partial charge in [-0.2, -0.15) is 0 Å². The molecule has 1 aliphatic carbocycles. The molecule has 1 heterocycles. The van der Waals surface area contributed by atoms with Crippen molar-refractivity contribution in [2.75, 3.05) is 6.61 Å². The molecule has 0 saturated heterocycles. The van der Waals surface area contributed by atoms with Crippen LogP contribution in [0.5, 0.6) is 0 Å². The van der Waals surface area contributed by atoms with E-state index in [1.165, 1.54) is 22.7 Å². The molecule has 0 aliphatic heterocycles. The van der Waals surface area contributed by atoms with Crippen molar-refractivity contribution >= 4 is 11.3 Å². The fraction of sp³-hybridized carbons (Fsp3) is 0.769. The van der Waals surface area contributed by atoms with Gasteiger partial charge in [0.2, 0.25) is 0 Å². The third-order valence-corrected chi connectivity index (χ3v) is 4.61. The quantitative estimate of drug-likeness (QED) is 0.798. The second-order valence-corrected chi connectivity index (χ2v) is 6.12. The summed E-state index contributed by atoms with van der Waals surface area (Å²) in [4.78, 5) is 5.83.